The minimum atomic E-state index is -1.21. The van der Waals surface area contributed by atoms with Crippen molar-refractivity contribution in [2.24, 2.45) is 0 Å². The highest BCUT2D eigenvalue weighted by atomic mass is 16.5. The average Bonchev–Trinajstić information content (AvgIpc) is 3.13. The molecule has 0 aliphatic heterocycles. The normalized spacial score (nSPS) is 12.4. The van der Waals surface area contributed by atoms with Crippen LogP contribution in [0.2, 0.25) is 0 Å². The summed E-state index contributed by atoms with van der Waals surface area (Å²) in [6, 6.07) is 12.5. The average molecular weight is 710 g/mol. The Morgan fingerprint density at radius 1 is 0.843 bits per heavy atom. The molecule has 3 atom stereocenters. The molecule has 0 aromatic heterocycles. The molecule has 278 valence electrons. The topological polar surface area (TPSA) is 189 Å². The summed E-state index contributed by atoms with van der Waals surface area (Å²) in [6.45, 7) is 5.58. The fourth-order valence-electron chi connectivity index (χ4n) is 5.00. The number of Topliss-reactive ketones (excluding diaryl/α,β-unsaturated/α-hetero) is 1. The van der Waals surface area contributed by atoms with E-state index in [9.17, 15) is 33.6 Å². The highest BCUT2D eigenvalue weighted by molar-refractivity contribution is 6.38. The molecule has 0 saturated carbocycles. The Balaban J connectivity index is 1.96. The standard InChI is InChI=1S/C37H51N5O9/c1-5-7-18-42(34(46)24-38-32(44)22-27-14-11-17-29(21-27)51-20-12-19-50-4)26(3)36(48)41-30(13-6-2)35(47)37(49)39-23-33(45)40-31(25-43)28-15-9-8-10-16-28/h8-11,14-17,21,25-26,30-31H,5-7,12-13,18-20,22-24H2,1-4H3,(H,38,44)(H,39,49)(H,40,45)(H,41,48). The van der Waals surface area contributed by atoms with Gasteiger partial charge in [0.05, 0.1) is 32.2 Å². The molecule has 0 saturated heterocycles. The maximum atomic E-state index is 13.3. The molecule has 2 rings (SSSR count). The quantitative estimate of drug-likeness (QED) is 0.0716. The fourth-order valence-corrected chi connectivity index (χ4v) is 5.00. The summed E-state index contributed by atoms with van der Waals surface area (Å²) >= 11 is 0. The van der Waals surface area contributed by atoms with Gasteiger partial charge in [0.1, 0.15) is 24.1 Å². The van der Waals surface area contributed by atoms with Gasteiger partial charge in [0.15, 0.2) is 0 Å². The molecule has 4 N–H and O–H groups in total. The maximum Gasteiger partial charge on any atom is 0.290 e. The minimum absolute atomic E-state index is 0.0166. The Hall–Kier alpha value is -5.11. The minimum Gasteiger partial charge on any atom is -0.493 e. The van der Waals surface area contributed by atoms with Crippen LogP contribution in [0.5, 0.6) is 5.75 Å². The smallest absolute Gasteiger partial charge is 0.290 e. The lowest BCUT2D eigenvalue weighted by Crippen LogP contribution is -2.55. The molecule has 0 radical (unpaired) electrons. The lowest BCUT2D eigenvalue weighted by atomic mass is 10.1. The van der Waals surface area contributed by atoms with Crippen LogP contribution >= 0.6 is 0 Å². The molecule has 2 aromatic carbocycles. The lowest BCUT2D eigenvalue weighted by molar-refractivity contribution is -0.143. The number of amides is 5. The van der Waals surface area contributed by atoms with E-state index in [1.165, 1.54) is 11.8 Å². The van der Waals surface area contributed by atoms with Crippen LogP contribution in [-0.2, 0) is 44.7 Å². The summed E-state index contributed by atoms with van der Waals surface area (Å²) in [7, 11) is 1.62. The largest absolute Gasteiger partial charge is 0.493 e. The van der Waals surface area contributed by atoms with Crippen molar-refractivity contribution < 1.29 is 43.0 Å². The van der Waals surface area contributed by atoms with E-state index in [1.807, 2.05) is 6.92 Å². The first-order valence-corrected chi connectivity index (χ1v) is 17.2. The third kappa shape index (κ3) is 15.1. The van der Waals surface area contributed by atoms with Crippen LogP contribution in [0.15, 0.2) is 54.6 Å². The molecule has 0 aliphatic rings. The zero-order chi connectivity index (χ0) is 37.6. The number of ketones is 1. The Labute approximate surface area is 299 Å². The number of hydrogen-bond donors (Lipinski definition) is 4. The number of unbranched alkanes of at least 4 members (excludes halogenated alkanes) is 1. The first-order valence-electron chi connectivity index (χ1n) is 17.2. The summed E-state index contributed by atoms with van der Waals surface area (Å²) in [5, 5.41) is 9.95. The van der Waals surface area contributed by atoms with Crippen LogP contribution in [0.4, 0.5) is 0 Å². The number of hydrogen-bond acceptors (Lipinski definition) is 9. The van der Waals surface area contributed by atoms with E-state index in [1.54, 1.807) is 68.6 Å². The Morgan fingerprint density at radius 2 is 1.59 bits per heavy atom. The van der Waals surface area contributed by atoms with Gasteiger partial charge < -0.3 is 40.4 Å². The van der Waals surface area contributed by atoms with Crippen molar-refractivity contribution in [3.05, 3.63) is 65.7 Å². The fraction of sp³-hybridized carbons (Fsp3) is 0.486. The van der Waals surface area contributed by atoms with E-state index < -0.39 is 54.1 Å². The lowest BCUT2D eigenvalue weighted by Gasteiger charge is -2.30. The molecule has 2 aromatic rings. The number of ether oxygens (including phenoxy) is 2. The first-order chi connectivity index (χ1) is 24.5. The van der Waals surface area contributed by atoms with Crippen LogP contribution in [0.1, 0.15) is 70.0 Å². The molecule has 14 heteroatoms. The van der Waals surface area contributed by atoms with Crippen molar-refractivity contribution >= 4 is 41.6 Å². The Morgan fingerprint density at radius 3 is 2.25 bits per heavy atom. The number of rotatable bonds is 24. The highest BCUT2D eigenvalue weighted by Crippen LogP contribution is 2.14. The third-order valence-corrected chi connectivity index (χ3v) is 7.84. The predicted octanol–water partition coefficient (Wildman–Crippen LogP) is 1.80. The van der Waals surface area contributed by atoms with Crippen molar-refractivity contribution in [1.82, 2.24) is 26.2 Å². The monoisotopic (exact) mass is 709 g/mol. The second kappa shape index (κ2) is 23.3. The van der Waals surface area contributed by atoms with Gasteiger partial charge in [0.25, 0.3) is 5.91 Å². The van der Waals surface area contributed by atoms with Crippen LogP contribution in [0, 0.1) is 0 Å². The second-order valence-electron chi connectivity index (χ2n) is 11.9. The van der Waals surface area contributed by atoms with Gasteiger partial charge >= 0.3 is 0 Å². The summed E-state index contributed by atoms with van der Waals surface area (Å²) < 4.78 is 10.7. The summed E-state index contributed by atoms with van der Waals surface area (Å²) in [6.07, 6.45) is 3.20. The van der Waals surface area contributed by atoms with Gasteiger partial charge in [-0.2, -0.15) is 0 Å². The highest BCUT2D eigenvalue weighted by Gasteiger charge is 2.31. The SMILES string of the molecule is CCCCN(C(=O)CNC(=O)Cc1cccc(OCCCOC)c1)C(C)C(=O)NC(CCC)C(=O)C(=O)NCC(=O)NC(C=O)c1ccccc1. The van der Waals surface area contributed by atoms with E-state index in [4.69, 9.17) is 9.47 Å². The number of methoxy groups -OCH3 is 1. The van der Waals surface area contributed by atoms with Crippen molar-refractivity contribution in [1.29, 1.82) is 0 Å². The number of nitrogens with one attached hydrogen (secondary N) is 4. The zero-order valence-electron chi connectivity index (χ0n) is 29.9. The summed E-state index contributed by atoms with van der Waals surface area (Å²) in [4.78, 5) is 90.4. The summed E-state index contributed by atoms with van der Waals surface area (Å²) in [5.74, 6) is -3.62. The number of carbonyl (C=O) groups excluding carboxylic acids is 7. The number of carbonyl (C=O) groups is 7. The molecule has 14 nitrogen and oxygen atoms in total. The van der Waals surface area contributed by atoms with Crippen LogP contribution in [0.3, 0.4) is 0 Å². The van der Waals surface area contributed by atoms with Gasteiger partial charge in [-0.3, -0.25) is 28.8 Å². The van der Waals surface area contributed by atoms with Crippen LogP contribution in [0.25, 0.3) is 0 Å². The van der Waals surface area contributed by atoms with Crippen molar-refractivity contribution in [2.75, 3.05) is 40.0 Å². The maximum absolute atomic E-state index is 13.3. The predicted molar refractivity (Wildman–Crippen MR) is 189 cm³/mol. The van der Waals surface area contributed by atoms with E-state index >= 15 is 0 Å². The third-order valence-electron chi connectivity index (χ3n) is 7.84. The van der Waals surface area contributed by atoms with E-state index in [0.717, 1.165) is 12.8 Å². The number of aldehydes is 1. The van der Waals surface area contributed by atoms with Gasteiger partial charge in [-0.1, -0.05) is 69.2 Å². The van der Waals surface area contributed by atoms with Gasteiger partial charge in [-0.05, 0) is 43.0 Å². The first kappa shape index (κ1) is 42.1. The van der Waals surface area contributed by atoms with Gasteiger partial charge in [-0.25, -0.2) is 0 Å². The van der Waals surface area contributed by atoms with Crippen molar-refractivity contribution in [2.45, 2.75) is 77.4 Å². The van der Waals surface area contributed by atoms with Crippen LogP contribution < -0.4 is 26.0 Å². The van der Waals surface area contributed by atoms with Gasteiger partial charge in [0, 0.05) is 26.7 Å². The van der Waals surface area contributed by atoms with Crippen molar-refractivity contribution in [3.63, 3.8) is 0 Å². The zero-order valence-corrected chi connectivity index (χ0v) is 29.9. The molecule has 0 fully saturated rings. The molecule has 0 aliphatic carbocycles. The van der Waals surface area contributed by atoms with E-state index in [-0.39, 0.29) is 31.8 Å². The van der Waals surface area contributed by atoms with E-state index in [0.29, 0.717) is 49.2 Å². The molecule has 5 amide bonds. The summed E-state index contributed by atoms with van der Waals surface area (Å²) in [5.41, 5.74) is 1.26. The van der Waals surface area contributed by atoms with Gasteiger partial charge in [0.2, 0.25) is 29.4 Å². The molecule has 0 bridgehead atoms. The molecule has 0 heterocycles. The van der Waals surface area contributed by atoms with Crippen LogP contribution in [-0.4, -0.2) is 98.5 Å². The molecule has 3 unspecified atom stereocenters. The van der Waals surface area contributed by atoms with Gasteiger partial charge in [-0.15, -0.1) is 0 Å². The number of benzene rings is 2. The Bertz CT molecular complexity index is 1450. The molecule has 51 heavy (non-hydrogen) atoms. The molecular formula is C37H51N5O9. The Kier molecular flexibility index (Phi) is 19.2. The molecular weight excluding hydrogens is 658 g/mol. The second-order valence-corrected chi connectivity index (χ2v) is 11.9. The molecule has 0 spiro atoms. The van der Waals surface area contributed by atoms with E-state index in [2.05, 4.69) is 21.3 Å². The number of nitrogens with zero attached hydrogens (tertiary/aromatic N) is 1. The van der Waals surface area contributed by atoms with Crippen molar-refractivity contribution in [3.8, 4) is 5.75 Å².